The van der Waals surface area contributed by atoms with Crippen LogP contribution < -0.4 is 5.73 Å². The van der Waals surface area contributed by atoms with Crippen molar-refractivity contribution in [2.45, 2.75) is 38.1 Å². The fourth-order valence-corrected chi connectivity index (χ4v) is 2.88. The average molecular weight is 182 g/mol. The Labute approximate surface area is 77.0 Å². The first kappa shape index (κ1) is 8.20. The first-order valence-corrected chi connectivity index (χ1v) is 5.32. The van der Waals surface area contributed by atoms with Gasteiger partial charge in [-0.3, -0.25) is 0 Å². The molecule has 0 radical (unpaired) electrons. The maximum Gasteiger partial charge on any atom is 0.0454 e. The lowest BCUT2D eigenvalue weighted by atomic mass is 10.0. The van der Waals surface area contributed by atoms with Gasteiger partial charge < -0.3 is 5.73 Å². The third-order valence-corrected chi connectivity index (χ3v) is 3.62. The van der Waals surface area contributed by atoms with Crippen LogP contribution in [0, 0.1) is 0 Å². The molecule has 2 rings (SSSR count). The van der Waals surface area contributed by atoms with Gasteiger partial charge in [-0.2, -0.15) is 0 Å². The van der Waals surface area contributed by atoms with Crippen molar-refractivity contribution in [2.75, 3.05) is 0 Å². The van der Waals surface area contributed by atoms with Crippen LogP contribution in [-0.4, -0.2) is 4.37 Å². The molecule has 1 aliphatic rings. The lowest BCUT2D eigenvalue weighted by molar-refractivity contribution is 0.728. The van der Waals surface area contributed by atoms with E-state index in [-0.39, 0.29) is 0 Å². The number of nitrogens with two attached hydrogens (primary N) is 1. The number of hydrogen-bond donors (Lipinski definition) is 1. The summed E-state index contributed by atoms with van der Waals surface area (Å²) in [5.74, 6) is 0.774. The van der Waals surface area contributed by atoms with E-state index in [1.165, 1.54) is 36.1 Å². The van der Waals surface area contributed by atoms with Crippen molar-refractivity contribution >= 4 is 11.5 Å². The van der Waals surface area contributed by atoms with Crippen molar-refractivity contribution in [2.24, 2.45) is 5.73 Å². The fourth-order valence-electron chi connectivity index (χ4n) is 1.95. The van der Waals surface area contributed by atoms with Gasteiger partial charge in [0.25, 0.3) is 0 Å². The molecule has 0 saturated heterocycles. The Hall–Kier alpha value is -0.410. The van der Waals surface area contributed by atoms with Gasteiger partial charge in [-0.05, 0) is 35.9 Å². The Bertz CT molecular complexity index is 251. The molecule has 2 nitrogen and oxygen atoms in total. The number of hydrogen-bond acceptors (Lipinski definition) is 3. The molecule has 1 aliphatic carbocycles. The van der Waals surface area contributed by atoms with Gasteiger partial charge in [0.15, 0.2) is 0 Å². The van der Waals surface area contributed by atoms with Gasteiger partial charge in [-0.15, -0.1) is 0 Å². The Kier molecular flexibility index (Phi) is 2.42. The summed E-state index contributed by atoms with van der Waals surface area (Å²) in [5.41, 5.74) is 6.90. The van der Waals surface area contributed by atoms with Crippen molar-refractivity contribution in [1.29, 1.82) is 0 Å². The third-order valence-electron chi connectivity index (χ3n) is 2.62. The standard InChI is InChI=1S/C9H14N2S/c10-5-8-6-11-12-9(8)7-3-1-2-4-7/h6-7H,1-5,10H2. The molecule has 0 bridgehead atoms. The van der Waals surface area contributed by atoms with Crippen molar-refractivity contribution in [3.8, 4) is 0 Å². The topological polar surface area (TPSA) is 38.9 Å². The molecule has 1 saturated carbocycles. The van der Waals surface area contributed by atoms with Crippen molar-refractivity contribution in [3.63, 3.8) is 0 Å². The first-order chi connectivity index (χ1) is 5.92. The number of rotatable bonds is 2. The van der Waals surface area contributed by atoms with Gasteiger partial charge in [0, 0.05) is 17.6 Å². The molecule has 0 amide bonds. The molecule has 66 valence electrons. The minimum absolute atomic E-state index is 0.655. The van der Waals surface area contributed by atoms with E-state index in [1.807, 2.05) is 6.20 Å². The maximum absolute atomic E-state index is 5.63. The van der Waals surface area contributed by atoms with E-state index in [0.717, 1.165) is 5.92 Å². The third kappa shape index (κ3) is 1.39. The Balaban J connectivity index is 2.19. The Morgan fingerprint density at radius 2 is 2.25 bits per heavy atom. The zero-order valence-corrected chi connectivity index (χ0v) is 7.94. The van der Waals surface area contributed by atoms with E-state index < -0.39 is 0 Å². The van der Waals surface area contributed by atoms with E-state index in [4.69, 9.17) is 5.73 Å². The van der Waals surface area contributed by atoms with E-state index >= 15 is 0 Å². The predicted molar refractivity (Wildman–Crippen MR) is 51.2 cm³/mol. The number of nitrogens with zero attached hydrogens (tertiary/aromatic N) is 1. The van der Waals surface area contributed by atoms with E-state index in [0.29, 0.717) is 6.54 Å². The minimum atomic E-state index is 0.655. The molecule has 0 aliphatic heterocycles. The van der Waals surface area contributed by atoms with Gasteiger partial charge >= 0.3 is 0 Å². The molecule has 0 atom stereocenters. The highest BCUT2D eigenvalue weighted by atomic mass is 32.1. The van der Waals surface area contributed by atoms with E-state index in [2.05, 4.69) is 4.37 Å². The van der Waals surface area contributed by atoms with Crippen LogP contribution in [0.15, 0.2) is 6.20 Å². The predicted octanol–water partition coefficient (Wildman–Crippen LogP) is 2.26. The second-order valence-corrected chi connectivity index (χ2v) is 4.23. The maximum atomic E-state index is 5.63. The molecular formula is C9H14N2S. The highest BCUT2D eigenvalue weighted by molar-refractivity contribution is 7.06. The summed E-state index contributed by atoms with van der Waals surface area (Å²) >= 11 is 1.64. The summed E-state index contributed by atoms with van der Waals surface area (Å²) < 4.78 is 4.20. The average Bonchev–Trinajstić information content (AvgIpc) is 2.74. The monoisotopic (exact) mass is 182 g/mol. The van der Waals surface area contributed by atoms with Crippen molar-refractivity contribution < 1.29 is 0 Å². The summed E-state index contributed by atoms with van der Waals surface area (Å²) in [7, 11) is 0. The normalized spacial score (nSPS) is 18.8. The lowest BCUT2D eigenvalue weighted by Crippen LogP contribution is -2.00. The molecule has 0 spiro atoms. The molecular weight excluding hydrogens is 168 g/mol. The second-order valence-electron chi connectivity index (χ2n) is 3.40. The van der Waals surface area contributed by atoms with Crippen LogP contribution in [0.1, 0.15) is 42.0 Å². The summed E-state index contributed by atoms with van der Waals surface area (Å²) in [5, 5.41) is 0. The van der Waals surface area contributed by atoms with E-state index in [9.17, 15) is 0 Å². The van der Waals surface area contributed by atoms with Gasteiger partial charge in [0.05, 0.1) is 0 Å². The van der Waals surface area contributed by atoms with Gasteiger partial charge in [0.2, 0.25) is 0 Å². The Morgan fingerprint density at radius 1 is 1.50 bits per heavy atom. The van der Waals surface area contributed by atoms with Crippen LogP contribution in [0.25, 0.3) is 0 Å². The molecule has 1 fully saturated rings. The van der Waals surface area contributed by atoms with E-state index in [1.54, 1.807) is 11.5 Å². The molecule has 1 aromatic rings. The zero-order valence-electron chi connectivity index (χ0n) is 7.12. The fraction of sp³-hybridized carbons (Fsp3) is 0.667. The molecule has 1 aromatic heterocycles. The molecule has 12 heavy (non-hydrogen) atoms. The summed E-state index contributed by atoms with van der Waals surface area (Å²) in [6, 6.07) is 0. The first-order valence-electron chi connectivity index (χ1n) is 4.55. The van der Waals surface area contributed by atoms with Crippen molar-refractivity contribution in [1.82, 2.24) is 4.37 Å². The quantitative estimate of drug-likeness (QED) is 0.762. The molecule has 1 heterocycles. The van der Waals surface area contributed by atoms with Crippen LogP contribution in [0.3, 0.4) is 0 Å². The smallest absolute Gasteiger partial charge is 0.0454 e. The van der Waals surface area contributed by atoms with Gasteiger partial charge in [-0.25, -0.2) is 4.37 Å². The zero-order chi connectivity index (χ0) is 8.39. The Morgan fingerprint density at radius 3 is 2.92 bits per heavy atom. The lowest BCUT2D eigenvalue weighted by Gasteiger charge is -2.06. The van der Waals surface area contributed by atoms with Gasteiger partial charge in [0.1, 0.15) is 0 Å². The molecule has 0 aromatic carbocycles. The van der Waals surface area contributed by atoms with Crippen molar-refractivity contribution in [3.05, 3.63) is 16.6 Å². The highest BCUT2D eigenvalue weighted by Crippen LogP contribution is 2.37. The van der Waals surface area contributed by atoms with Crippen LogP contribution in [0.5, 0.6) is 0 Å². The minimum Gasteiger partial charge on any atom is -0.326 e. The van der Waals surface area contributed by atoms with Crippen LogP contribution in [0.4, 0.5) is 0 Å². The highest BCUT2D eigenvalue weighted by Gasteiger charge is 2.20. The number of aromatic nitrogens is 1. The summed E-state index contributed by atoms with van der Waals surface area (Å²) in [6.45, 7) is 0.655. The van der Waals surface area contributed by atoms with Crippen LogP contribution in [0.2, 0.25) is 0 Å². The SMILES string of the molecule is NCc1cnsc1C1CCCC1. The second kappa shape index (κ2) is 3.54. The molecule has 0 unspecified atom stereocenters. The van der Waals surface area contributed by atoms with Crippen LogP contribution in [-0.2, 0) is 6.54 Å². The summed E-state index contributed by atoms with van der Waals surface area (Å²) in [4.78, 5) is 1.45. The molecule has 3 heteroatoms. The van der Waals surface area contributed by atoms with Gasteiger partial charge in [-0.1, -0.05) is 12.8 Å². The largest absolute Gasteiger partial charge is 0.326 e. The van der Waals surface area contributed by atoms with Crippen LogP contribution >= 0.6 is 11.5 Å². The summed E-state index contributed by atoms with van der Waals surface area (Å²) in [6.07, 6.45) is 7.38. The molecule has 2 N–H and O–H groups in total.